The van der Waals surface area contributed by atoms with E-state index in [0.717, 1.165) is 54.4 Å². The highest BCUT2D eigenvalue weighted by Gasteiger charge is 2.15. The number of rotatable bonds is 5. The van der Waals surface area contributed by atoms with Crippen molar-refractivity contribution in [3.8, 4) is 34.3 Å². The molecule has 8 rings (SSSR count). The van der Waals surface area contributed by atoms with Gasteiger partial charge in [-0.05, 0) is 54.1 Å². The molecule has 0 radical (unpaired) electrons. The number of halogens is 3. The molecule has 9 nitrogen and oxygen atoms in total. The smallest absolute Gasteiger partial charge is 0.164 e. The highest BCUT2D eigenvalue weighted by Crippen LogP contribution is 2.36. The second-order valence-corrected chi connectivity index (χ2v) is 13.3. The third-order valence-corrected chi connectivity index (χ3v) is 9.19. The standard InChI is InChI=1S/C20H15ClN4O2S.C11H5Cl2N3S/c21-17-9-14-19(23-10-12-3-4-15-16(8-12)27-7-6-26-15)24-18(25-20(14)28-17)13-2-1-5-22-11-13;12-8-4-7-9(13)15-10(16-11(7)17-8)6-2-1-3-14-5-6/h1-5,8-9,11H,6-7,10H2,(H,23,24,25);1-5H. The van der Waals surface area contributed by atoms with Crippen molar-refractivity contribution in [1.82, 2.24) is 29.9 Å². The minimum Gasteiger partial charge on any atom is -0.486 e. The molecule has 1 N–H and O–H groups in total. The molecule has 7 aromatic rings. The van der Waals surface area contributed by atoms with Crippen LogP contribution < -0.4 is 14.8 Å². The lowest BCUT2D eigenvalue weighted by Crippen LogP contribution is -2.15. The lowest BCUT2D eigenvalue weighted by Gasteiger charge is -2.19. The van der Waals surface area contributed by atoms with Gasteiger partial charge in [0.15, 0.2) is 23.1 Å². The maximum atomic E-state index is 6.23. The predicted octanol–water partition coefficient (Wildman–Crippen LogP) is 8.85. The number of hydrogen-bond acceptors (Lipinski definition) is 11. The van der Waals surface area contributed by atoms with E-state index < -0.39 is 0 Å². The summed E-state index contributed by atoms with van der Waals surface area (Å²) >= 11 is 21.1. The van der Waals surface area contributed by atoms with Gasteiger partial charge in [-0.25, -0.2) is 19.9 Å². The number of thiophene rings is 2. The molecule has 0 spiro atoms. The average Bonchev–Trinajstić information content (AvgIpc) is 3.65. The molecular formula is C31H20Cl3N7O2S2. The van der Waals surface area contributed by atoms with E-state index in [9.17, 15) is 0 Å². The third kappa shape index (κ3) is 6.63. The minimum atomic E-state index is 0.414. The van der Waals surface area contributed by atoms with E-state index in [4.69, 9.17) is 49.3 Å². The van der Waals surface area contributed by atoms with E-state index in [1.165, 1.54) is 22.7 Å². The van der Waals surface area contributed by atoms with Crippen molar-refractivity contribution in [2.24, 2.45) is 0 Å². The quantitative estimate of drug-likeness (QED) is 0.177. The fraction of sp³-hybridized carbons (Fsp3) is 0.0968. The lowest BCUT2D eigenvalue weighted by molar-refractivity contribution is 0.171. The van der Waals surface area contributed by atoms with Crippen LogP contribution in [-0.4, -0.2) is 43.1 Å². The number of nitrogens with one attached hydrogen (secondary N) is 1. The number of anilines is 1. The topological polar surface area (TPSA) is 108 Å². The zero-order valence-corrected chi connectivity index (χ0v) is 27.0. The number of hydrogen-bond donors (Lipinski definition) is 1. The van der Waals surface area contributed by atoms with E-state index in [2.05, 4.69) is 30.2 Å². The largest absolute Gasteiger partial charge is 0.486 e. The van der Waals surface area contributed by atoms with Crippen molar-refractivity contribution in [2.45, 2.75) is 6.54 Å². The SMILES string of the molecule is Clc1cc2c(Cl)nc(-c3cccnc3)nc2s1.Clc1cc2c(NCc3ccc4c(c3)OCCO4)nc(-c3cccnc3)nc2s1. The lowest BCUT2D eigenvalue weighted by atomic mass is 10.2. The van der Waals surface area contributed by atoms with Gasteiger partial charge in [0.1, 0.15) is 33.8 Å². The summed E-state index contributed by atoms with van der Waals surface area (Å²) in [6.07, 6.45) is 6.88. The first-order valence-corrected chi connectivity index (χ1v) is 16.3. The summed E-state index contributed by atoms with van der Waals surface area (Å²) in [6, 6.07) is 17.1. The zero-order valence-electron chi connectivity index (χ0n) is 23.1. The van der Waals surface area contributed by atoms with Gasteiger partial charge >= 0.3 is 0 Å². The maximum absolute atomic E-state index is 6.23. The molecule has 224 valence electrons. The van der Waals surface area contributed by atoms with Crippen molar-refractivity contribution in [3.05, 3.63) is 98.8 Å². The zero-order chi connectivity index (χ0) is 30.8. The summed E-state index contributed by atoms with van der Waals surface area (Å²) in [5, 5.41) is 5.52. The Morgan fingerprint density at radius 1 is 0.689 bits per heavy atom. The molecule has 0 fully saturated rings. The number of benzene rings is 1. The Hall–Kier alpha value is -4.13. The molecule has 0 saturated carbocycles. The van der Waals surface area contributed by atoms with E-state index in [0.29, 0.717) is 45.2 Å². The van der Waals surface area contributed by atoms with Crippen molar-refractivity contribution in [2.75, 3.05) is 18.5 Å². The molecule has 1 aliphatic heterocycles. The Morgan fingerprint density at radius 3 is 1.98 bits per heavy atom. The van der Waals surface area contributed by atoms with E-state index in [1.807, 2.05) is 48.5 Å². The van der Waals surface area contributed by atoms with Crippen molar-refractivity contribution < 1.29 is 9.47 Å². The Kier molecular flexibility index (Phi) is 8.59. The van der Waals surface area contributed by atoms with Crippen LogP contribution in [0.1, 0.15) is 5.56 Å². The highest BCUT2D eigenvalue weighted by atomic mass is 35.5. The number of ether oxygens (including phenoxy) is 2. The molecule has 0 bridgehead atoms. The van der Waals surface area contributed by atoms with Gasteiger partial charge < -0.3 is 14.8 Å². The molecule has 45 heavy (non-hydrogen) atoms. The fourth-order valence-electron chi connectivity index (χ4n) is 4.52. The molecule has 0 amide bonds. The summed E-state index contributed by atoms with van der Waals surface area (Å²) in [6.45, 7) is 1.74. The van der Waals surface area contributed by atoms with Crippen molar-refractivity contribution in [1.29, 1.82) is 0 Å². The van der Waals surface area contributed by atoms with Crippen LogP contribution in [0.15, 0.2) is 79.4 Å². The van der Waals surface area contributed by atoms with Crippen LogP contribution in [0.5, 0.6) is 11.5 Å². The monoisotopic (exact) mass is 691 g/mol. The molecule has 0 atom stereocenters. The first-order chi connectivity index (χ1) is 22.0. The van der Waals surface area contributed by atoms with Crippen LogP contribution >= 0.6 is 57.5 Å². The summed E-state index contributed by atoms with van der Waals surface area (Å²) in [5.41, 5.74) is 2.76. The number of pyridine rings is 2. The van der Waals surface area contributed by atoms with Gasteiger partial charge in [-0.1, -0.05) is 40.9 Å². The van der Waals surface area contributed by atoms with Gasteiger partial charge in [-0.15, -0.1) is 22.7 Å². The normalized spacial score (nSPS) is 12.2. The molecule has 0 aliphatic carbocycles. The van der Waals surface area contributed by atoms with Gasteiger partial charge in [-0.2, -0.15) is 0 Å². The maximum Gasteiger partial charge on any atom is 0.164 e. The second kappa shape index (κ2) is 13.1. The summed E-state index contributed by atoms with van der Waals surface area (Å²) in [4.78, 5) is 27.9. The molecule has 0 unspecified atom stereocenters. The minimum absolute atomic E-state index is 0.414. The van der Waals surface area contributed by atoms with E-state index >= 15 is 0 Å². The van der Waals surface area contributed by atoms with Gasteiger partial charge in [0, 0.05) is 42.5 Å². The molecule has 14 heteroatoms. The Bertz CT molecular complexity index is 2130. The number of nitrogens with zero attached hydrogens (tertiary/aromatic N) is 6. The van der Waals surface area contributed by atoms with Crippen LogP contribution in [0.25, 0.3) is 43.2 Å². The van der Waals surface area contributed by atoms with Crippen LogP contribution in [-0.2, 0) is 6.54 Å². The third-order valence-electron chi connectivity index (χ3n) is 6.58. The summed E-state index contributed by atoms with van der Waals surface area (Å²) < 4.78 is 12.6. The first-order valence-electron chi connectivity index (χ1n) is 13.5. The van der Waals surface area contributed by atoms with Crippen LogP contribution in [0.2, 0.25) is 13.8 Å². The van der Waals surface area contributed by atoms with E-state index in [1.54, 1.807) is 30.9 Å². The molecule has 1 aliphatic rings. The first kappa shape index (κ1) is 29.6. The van der Waals surface area contributed by atoms with Gasteiger partial charge in [0.05, 0.1) is 19.4 Å². The Morgan fingerprint density at radius 2 is 1.31 bits per heavy atom. The molecular weight excluding hydrogens is 673 g/mol. The number of fused-ring (bicyclic) bond motifs is 3. The summed E-state index contributed by atoms with van der Waals surface area (Å²) in [7, 11) is 0. The average molecular weight is 693 g/mol. The molecule has 1 aromatic carbocycles. The van der Waals surface area contributed by atoms with Crippen LogP contribution in [0, 0.1) is 0 Å². The summed E-state index contributed by atoms with van der Waals surface area (Å²) in [5.74, 6) is 3.47. The Labute approximate surface area is 279 Å². The van der Waals surface area contributed by atoms with E-state index in [-0.39, 0.29) is 0 Å². The van der Waals surface area contributed by atoms with Crippen LogP contribution in [0.3, 0.4) is 0 Å². The van der Waals surface area contributed by atoms with Gasteiger partial charge in [0.2, 0.25) is 0 Å². The van der Waals surface area contributed by atoms with Gasteiger partial charge in [-0.3, -0.25) is 9.97 Å². The van der Waals surface area contributed by atoms with Gasteiger partial charge in [0.25, 0.3) is 0 Å². The fourth-order valence-corrected chi connectivity index (χ4v) is 6.97. The molecule has 7 heterocycles. The van der Waals surface area contributed by atoms with Crippen molar-refractivity contribution >= 4 is 83.7 Å². The predicted molar refractivity (Wildman–Crippen MR) is 181 cm³/mol. The molecule has 6 aromatic heterocycles. The second-order valence-electron chi connectivity index (χ2n) is 9.59. The Balaban J connectivity index is 0.000000163. The van der Waals surface area contributed by atoms with Crippen LogP contribution in [0.4, 0.5) is 5.82 Å². The molecule has 0 saturated heterocycles. The highest BCUT2D eigenvalue weighted by molar-refractivity contribution is 7.22. The van der Waals surface area contributed by atoms with Crippen molar-refractivity contribution in [3.63, 3.8) is 0 Å². The number of aromatic nitrogens is 6.